The summed E-state index contributed by atoms with van der Waals surface area (Å²) in [5.41, 5.74) is -0.237. The highest BCUT2D eigenvalue weighted by atomic mass is 35.5. The van der Waals surface area contributed by atoms with E-state index in [0.717, 1.165) is 25.9 Å². The molecule has 108 valence electrons. The number of hydrogen-bond donors (Lipinski definition) is 1. The number of amides is 1. The highest BCUT2D eigenvalue weighted by Crippen LogP contribution is 2.25. The second-order valence-electron chi connectivity index (χ2n) is 4.68. The molecule has 1 fully saturated rings. The third-order valence-electron chi connectivity index (χ3n) is 3.17. The quantitative estimate of drug-likeness (QED) is 0.679. The zero-order valence-corrected chi connectivity index (χ0v) is 11.8. The fourth-order valence-corrected chi connectivity index (χ4v) is 2.31. The van der Waals surface area contributed by atoms with E-state index >= 15 is 0 Å². The predicted molar refractivity (Wildman–Crippen MR) is 74.8 cm³/mol. The number of likely N-dealkylation sites (tertiary alicyclic amines) is 1. The van der Waals surface area contributed by atoms with Crippen LogP contribution in [0.15, 0.2) is 12.3 Å². The van der Waals surface area contributed by atoms with Gasteiger partial charge in [-0.3, -0.25) is 14.9 Å². The molecule has 1 unspecified atom stereocenters. The Morgan fingerprint density at radius 1 is 1.55 bits per heavy atom. The molecule has 1 atom stereocenters. The smallest absolute Gasteiger partial charge is 0.312 e. The average Bonchev–Trinajstić information content (AvgIpc) is 2.93. The lowest BCUT2D eigenvalue weighted by molar-refractivity contribution is -0.384. The number of hydrogen-bond acceptors (Lipinski definition) is 5. The van der Waals surface area contributed by atoms with Gasteiger partial charge in [-0.1, -0.05) is 11.6 Å². The molecule has 0 radical (unpaired) electrons. The Hall–Kier alpha value is -1.89. The first-order valence-corrected chi connectivity index (χ1v) is 6.72. The largest absolute Gasteiger partial charge is 0.353 e. The van der Waals surface area contributed by atoms with Crippen molar-refractivity contribution in [3.05, 3.63) is 27.4 Å². The highest BCUT2D eigenvalue weighted by Gasteiger charge is 2.25. The number of nitrogens with zero attached hydrogens (tertiary/aromatic N) is 3. The molecular formula is C12H15ClN4O3. The van der Waals surface area contributed by atoms with E-state index in [0.29, 0.717) is 0 Å². The molecule has 1 saturated heterocycles. The number of carbonyl (C=O) groups is 1. The molecule has 7 nitrogen and oxygen atoms in total. The number of aromatic nitrogens is 1. The van der Waals surface area contributed by atoms with Crippen molar-refractivity contribution in [2.75, 3.05) is 18.4 Å². The van der Waals surface area contributed by atoms with Gasteiger partial charge in [0.1, 0.15) is 6.04 Å². The van der Waals surface area contributed by atoms with Gasteiger partial charge in [-0.15, -0.1) is 0 Å². The maximum Gasteiger partial charge on any atom is 0.312 e. The molecular weight excluding hydrogens is 284 g/mol. The van der Waals surface area contributed by atoms with E-state index in [4.69, 9.17) is 11.6 Å². The molecule has 0 saturated carbocycles. The first kappa shape index (κ1) is 14.5. The maximum absolute atomic E-state index is 12.1. The van der Waals surface area contributed by atoms with Gasteiger partial charge >= 0.3 is 5.69 Å². The van der Waals surface area contributed by atoms with E-state index in [1.165, 1.54) is 12.3 Å². The standard InChI is InChI=1S/C12H15ClN4O3/c1-8(12(18)16-4-2-3-5-16)15-11-10(17(19)20)6-9(13)7-14-11/h6-8H,2-5H2,1H3,(H,14,15). The molecule has 1 aliphatic rings. The number of anilines is 1. The Kier molecular flexibility index (Phi) is 4.39. The van der Waals surface area contributed by atoms with E-state index in [9.17, 15) is 14.9 Å². The van der Waals surface area contributed by atoms with Crippen LogP contribution in [-0.2, 0) is 4.79 Å². The summed E-state index contributed by atoms with van der Waals surface area (Å²) < 4.78 is 0. The van der Waals surface area contributed by atoms with Crippen molar-refractivity contribution in [1.82, 2.24) is 9.88 Å². The summed E-state index contributed by atoms with van der Waals surface area (Å²) >= 11 is 5.69. The van der Waals surface area contributed by atoms with Gasteiger partial charge in [0.05, 0.1) is 9.95 Å². The van der Waals surface area contributed by atoms with Gasteiger partial charge in [0, 0.05) is 25.4 Å². The Morgan fingerprint density at radius 3 is 2.80 bits per heavy atom. The zero-order chi connectivity index (χ0) is 14.7. The van der Waals surface area contributed by atoms with Crippen molar-refractivity contribution in [3.8, 4) is 0 Å². The van der Waals surface area contributed by atoms with E-state index in [1.807, 2.05) is 0 Å². The molecule has 1 aromatic rings. The molecule has 2 heterocycles. The molecule has 20 heavy (non-hydrogen) atoms. The van der Waals surface area contributed by atoms with Crippen LogP contribution in [0.4, 0.5) is 11.5 Å². The molecule has 0 bridgehead atoms. The summed E-state index contributed by atoms with van der Waals surface area (Å²) in [5, 5.41) is 13.9. The van der Waals surface area contributed by atoms with Crippen molar-refractivity contribution in [1.29, 1.82) is 0 Å². The lowest BCUT2D eigenvalue weighted by atomic mass is 10.2. The molecule has 0 aliphatic carbocycles. The fourth-order valence-electron chi connectivity index (χ4n) is 2.16. The molecule has 1 amide bonds. The Balaban J connectivity index is 2.12. The highest BCUT2D eigenvalue weighted by molar-refractivity contribution is 6.30. The number of nitro groups is 1. The lowest BCUT2D eigenvalue weighted by Gasteiger charge is -2.21. The van der Waals surface area contributed by atoms with E-state index in [-0.39, 0.29) is 22.4 Å². The van der Waals surface area contributed by atoms with Crippen LogP contribution in [0.25, 0.3) is 0 Å². The summed E-state index contributed by atoms with van der Waals surface area (Å²) in [6.45, 7) is 3.14. The van der Waals surface area contributed by atoms with Crippen LogP contribution < -0.4 is 5.32 Å². The predicted octanol–water partition coefficient (Wildman–Crippen LogP) is 2.07. The van der Waals surface area contributed by atoms with Gasteiger partial charge in [0.15, 0.2) is 0 Å². The molecule has 8 heteroatoms. The first-order valence-electron chi connectivity index (χ1n) is 6.34. The molecule has 2 rings (SSSR count). The van der Waals surface area contributed by atoms with Crippen LogP contribution in [0.3, 0.4) is 0 Å². The van der Waals surface area contributed by atoms with Gasteiger partial charge in [0.25, 0.3) is 0 Å². The summed E-state index contributed by atoms with van der Waals surface area (Å²) in [4.78, 5) is 28.2. The van der Waals surface area contributed by atoms with Crippen molar-refractivity contribution < 1.29 is 9.72 Å². The fraction of sp³-hybridized carbons (Fsp3) is 0.500. The summed E-state index contributed by atoms with van der Waals surface area (Å²) in [7, 11) is 0. The van der Waals surface area contributed by atoms with Crippen LogP contribution in [0.5, 0.6) is 0 Å². The number of rotatable bonds is 4. The van der Waals surface area contributed by atoms with Crippen molar-refractivity contribution in [2.24, 2.45) is 0 Å². The van der Waals surface area contributed by atoms with Crippen LogP contribution in [0, 0.1) is 10.1 Å². The van der Waals surface area contributed by atoms with Gasteiger partial charge in [-0.05, 0) is 19.8 Å². The van der Waals surface area contributed by atoms with Crippen molar-refractivity contribution in [2.45, 2.75) is 25.8 Å². The van der Waals surface area contributed by atoms with Crippen molar-refractivity contribution in [3.63, 3.8) is 0 Å². The van der Waals surface area contributed by atoms with Crippen LogP contribution in [0.2, 0.25) is 5.02 Å². The Morgan fingerprint density at radius 2 is 2.20 bits per heavy atom. The average molecular weight is 299 g/mol. The number of nitrogens with one attached hydrogen (secondary N) is 1. The van der Waals surface area contributed by atoms with Gasteiger partial charge < -0.3 is 10.2 Å². The number of pyridine rings is 1. The van der Waals surface area contributed by atoms with Crippen LogP contribution >= 0.6 is 11.6 Å². The van der Waals surface area contributed by atoms with Crippen molar-refractivity contribution >= 4 is 29.0 Å². The SMILES string of the molecule is CC(Nc1ncc(Cl)cc1[N+](=O)[O-])C(=O)N1CCCC1. The van der Waals surface area contributed by atoms with E-state index < -0.39 is 11.0 Å². The molecule has 1 aromatic heterocycles. The summed E-state index contributed by atoms with van der Waals surface area (Å²) in [5.74, 6) is -0.0204. The zero-order valence-electron chi connectivity index (χ0n) is 11.0. The minimum Gasteiger partial charge on any atom is -0.353 e. The molecule has 0 aromatic carbocycles. The summed E-state index contributed by atoms with van der Waals surface area (Å²) in [6, 6.07) is 0.643. The third-order valence-corrected chi connectivity index (χ3v) is 3.38. The maximum atomic E-state index is 12.1. The minimum atomic E-state index is -0.575. The first-order chi connectivity index (χ1) is 9.49. The van der Waals surface area contributed by atoms with Crippen LogP contribution in [0.1, 0.15) is 19.8 Å². The Bertz CT molecular complexity index is 531. The van der Waals surface area contributed by atoms with E-state index in [2.05, 4.69) is 10.3 Å². The third kappa shape index (κ3) is 3.16. The molecule has 1 N–H and O–H groups in total. The monoisotopic (exact) mass is 298 g/mol. The van der Waals surface area contributed by atoms with Crippen LogP contribution in [-0.4, -0.2) is 39.8 Å². The number of carbonyl (C=O) groups excluding carboxylic acids is 1. The Labute approximate surface area is 121 Å². The lowest BCUT2D eigenvalue weighted by Crippen LogP contribution is -2.39. The second kappa shape index (κ2) is 6.04. The van der Waals surface area contributed by atoms with Gasteiger partial charge in [-0.2, -0.15) is 0 Å². The normalized spacial score (nSPS) is 16.0. The molecule has 1 aliphatic heterocycles. The topological polar surface area (TPSA) is 88.4 Å². The number of halogens is 1. The minimum absolute atomic E-state index is 0.0550. The second-order valence-corrected chi connectivity index (χ2v) is 5.11. The van der Waals surface area contributed by atoms with E-state index in [1.54, 1.807) is 11.8 Å². The summed E-state index contributed by atoms with van der Waals surface area (Å²) in [6.07, 6.45) is 3.31. The molecule has 0 spiro atoms. The van der Waals surface area contributed by atoms with Gasteiger partial charge in [-0.25, -0.2) is 4.98 Å². The van der Waals surface area contributed by atoms with Gasteiger partial charge in [0.2, 0.25) is 11.7 Å².